The Morgan fingerprint density at radius 3 is 2.90 bits per heavy atom. The molecule has 1 unspecified atom stereocenters. The van der Waals surface area contributed by atoms with Gasteiger partial charge in [0.1, 0.15) is 0 Å². The Balaban J connectivity index is 1.77. The molecule has 3 nitrogen and oxygen atoms in total. The summed E-state index contributed by atoms with van der Waals surface area (Å²) in [7, 11) is 1.94. The SMILES string of the molecule is Cc1ccccc1CCC(=O)N(C)CC1CCCNC1. The number of rotatable bonds is 5. The smallest absolute Gasteiger partial charge is 0.222 e. The maximum atomic E-state index is 12.2. The van der Waals surface area contributed by atoms with Gasteiger partial charge >= 0.3 is 0 Å². The van der Waals surface area contributed by atoms with Gasteiger partial charge in [-0.3, -0.25) is 4.79 Å². The van der Waals surface area contributed by atoms with E-state index in [1.54, 1.807) is 0 Å². The van der Waals surface area contributed by atoms with Crippen molar-refractivity contribution in [2.45, 2.75) is 32.6 Å². The van der Waals surface area contributed by atoms with Crippen LogP contribution in [0.4, 0.5) is 0 Å². The molecule has 1 atom stereocenters. The first-order chi connectivity index (χ1) is 9.66. The van der Waals surface area contributed by atoms with Crippen molar-refractivity contribution in [3.8, 4) is 0 Å². The lowest BCUT2D eigenvalue weighted by molar-refractivity contribution is -0.130. The maximum absolute atomic E-state index is 12.2. The molecule has 1 aliphatic rings. The molecule has 0 bridgehead atoms. The average molecular weight is 274 g/mol. The molecular weight excluding hydrogens is 248 g/mol. The van der Waals surface area contributed by atoms with Crippen LogP contribution in [0.1, 0.15) is 30.4 Å². The van der Waals surface area contributed by atoms with Crippen molar-refractivity contribution < 1.29 is 4.79 Å². The van der Waals surface area contributed by atoms with Gasteiger partial charge in [0, 0.05) is 20.0 Å². The summed E-state index contributed by atoms with van der Waals surface area (Å²) in [4.78, 5) is 14.1. The van der Waals surface area contributed by atoms with Crippen molar-refractivity contribution in [2.24, 2.45) is 5.92 Å². The topological polar surface area (TPSA) is 32.3 Å². The van der Waals surface area contributed by atoms with Crippen LogP contribution in [0, 0.1) is 12.8 Å². The molecule has 1 saturated heterocycles. The fourth-order valence-corrected chi connectivity index (χ4v) is 2.89. The number of hydrogen-bond acceptors (Lipinski definition) is 2. The van der Waals surface area contributed by atoms with Gasteiger partial charge in [-0.15, -0.1) is 0 Å². The zero-order valence-corrected chi connectivity index (χ0v) is 12.7. The molecule has 110 valence electrons. The van der Waals surface area contributed by atoms with Crippen LogP contribution in [-0.4, -0.2) is 37.5 Å². The summed E-state index contributed by atoms with van der Waals surface area (Å²) in [6.45, 7) is 5.17. The van der Waals surface area contributed by atoms with E-state index in [-0.39, 0.29) is 5.91 Å². The predicted octanol–water partition coefficient (Wildman–Crippen LogP) is 2.39. The Morgan fingerprint density at radius 1 is 1.40 bits per heavy atom. The Morgan fingerprint density at radius 2 is 2.20 bits per heavy atom. The number of amides is 1. The molecule has 2 rings (SSSR count). The van der Waals surface area contributed by atoms with Crippen LogP contribution in [0.25, 0.3) is 0 Å². The fraction of sp³-hybridized carbons (Fsp3) is 0.588. The Kier molecular flexibility index (Phi) is 5.60. The van der Waals surface area contributed by atoms with Gasteiger partial charge in [0.2, 0.25) is 5.91 Å². The van der Waals surface area contributed by atoms with Crippen LogP contribution in [-0.2, 0) is 11.2 Å². The molecule has 1 fully saturated rings. The normalized spacial score (nSPS) is 18.8. The zero-order chi connectivity index (χ0) is 14.4. The number of carbonyl (C=O) groups is 1. The molecule has 0 aliphatic carbocycles. The van der Waals surface area contributed by atoms with Crippen LogP contribution in [0.15, 0.2) is 24.3 Å². The Labute approximate surface area is 122 Å². The number of hydrogen-bond donors (Lipinski definition) is 1. The minimum atomic E-state index is 0.263. The molecule has 1 aromatic rings. The van der Waals surface area contributed by atoms with Gasteiger partial charge in [0.05, 0.1) is 0 Å². The summed E-state index contributed by atoms with van der Waals surface area (Å²) >= 11 is 0. The van der Waals surface area contributed by atoms with E-state index in [1.807, 2.05) is 24.1 Å². The average Bonchev–Trinajstić information content (AvgIpc) is 2.47. The van der Waals surface area contributed by atoms with Crippen molar-refractivity contribution in [2.75, 3.05) is 26.7 Å². The van der Waals surface area contributed by atoms with Crippen molar-refractivity contribution >= 4 is 5.91 Å². The van der Waals surface area contributed by atoms with Gasteiger partial charge in [0.25, 0.3) is 0 Å². The standard InChI is InChI=1S/C17H26N2O/c1-14-6-3-4-8-16(14)9-10-17(20)19(2)13-15-7-5-11-18-12-15/h3-4,6,8,15,18H,5,7,9-13H2,1-2H3. The van der Waals surface area contributed by atoms with E-state index in [2.05, 4.69) is 24.4 Å². The van der Waals surface area contributed by atoms with E-state index in [0.717, 1.165) is 26.1 Å². The highest BCUT2D eigenvalue weighted by Gasteiger charge is 2.17. The number of benzene rings is 1. The number of piperidine rings is 1. The van der Waals surface area contributed by atoms with E-state index < -0.39 is 0 Å². The first-order valence-corrected chi connectivity index (χ1v) is 7.66. The van der Waals surface area contributed by atoms with Gasteiger partial charge in [-0.1, -0.05) is 24.3 Å². The van der Waals surface area contributed by atoms with Crippen molar-refractivity contribution in [1.82, 2.24) is 10.2 Å². The molecule has 0 radical (unpaired) electrons. The van der Waals surface area contributed by atoms with Gasteiger partial charge in [0.15, 0.2) is 0 Å². The lowest BCUT2D eigenvalue weighted by atomic mass is 9.99. The second-order valence-corrected chi connectivity index (χ2v) is 5.91. The van der Waals surface area contributed by atoms with Gasteiger partial charge in [-0.2, -0.15) is 0 Å². The number of carbonyl (C=O) groups excluding carboxylic acids is 1. The van der Waals surface area contributed by atoms with E-state index in [0.29, 0.717) is 12.3 Å². The molecule has 0 aromatic heterocycles. The van der Waals surface area contributed by atoms with Crippen LogP contribution < -0.4 is 5.32 Å². The predicted molar refractivity (Wildman–Crippen MR) is 82.7 cm³/mol. The summed E-state index contributed by atoms with van der Waals surface area (Å²) in [5, 5.41) is 3.41. The van der Waals surface area contributed by atoms with Crippen LogP contribution >= 0.6 is 0 Å². The minimum Gasteiger partial charge on any atom is -0.345 e. The molecule has 3 heteroatoms. The summed E-state index contributed by atoms with van der Waals surface area (Å²) in [5.41, 5.74) is 2.56. The molecule has 0 spiro atoms. The molecule has 20 heavy (non-hydrogen) atoms. The third kappa shape index (κ3) is 4.34. The quantitative estimate of drug-likeness (QED) is 0.894. The molecule has 1 aromatic carbocycles. The second-order valence-electron chi connectivity index (χ2n) is 5.91. The van der Waals surface area contributed by atoms with Gasteiger partial charge < -0.3 is 10.2 Å². The number of nitrogens with one attached hydrogen (secondary N) is 1. The zero-order valence-electron chi connectivity index (χ0n) is 12.7. The van der Waals surface area contributed by atoms with Crippen LogP contribution in [0.5, 0.6) is 0 Å². The lowest BCUT2D eigenvalue weighted by Gasteiger charge is -2.27. The molecule has 0 saturated carbocycles. The highest BCUT2D eigenvalue weighted by molar-refractivity contribution is 5.76. The van der Waals surface area contributed by atoms with Gasteiger partial charge in [-0.05, 0) is 56.3 Å². The summed E-state index contributed by atoms with van der Waals surface area (Å²) in [6.07, 6.45) is 3.93. The van der Waals surface area contributed by atoms with E-state index in [1.165, 1.54) is 24.0 Å². The lowest BCUT2D eigenvalue weighted by Crippen LogP contribution is -2.39. The van der Waals surface area contributed by atoms with E-state index in [9.17, 15) is 4.79 Å². The molecule has 1 aliphatic heterocycles. The van der Waals surface area contributed by atoms with Crippen molar-refractivity contribution in [3.63, 3.8) is 0 Å². The minimum absolute atomic E-state index is 0.263. The monoisotopic (exact) mass is 274 g/mol. The first-order valence-electron chi connectivity index (χ1n) is 7.66. The summed E-state index contributed by atoms with van der Waals surface area (Å²) < 4.78 is 0. The van der Waals surface area contributed by atoms with E-state index in [4.69, 9.17) is 0 Å². The van der Waals surface area contributed by atoms with E-state index >= 15 is 0 Å². The molecular formula is C17H26N2O. The molecule has 1 N–H and O–H groups in total. The van der Waals surface area contributed by atoms with Crippen LogP contribution in [0.3, 0.4) is 0 Å². The highest BCUT2D eigenvalue weighted by Crippen LogP contribution is 2.13. The van der Waals surface area contributed by atoms with Crippen molar-refractivity contribution in [1.29, 1.82) is 0 Å². The third-order valence-electron chi connectivity index (χ3n) is 4.23. The third-order valence-corrected chi connectivity index (χ3v) is 4.23. The summed E-state index contributed by atoms with van der Waals surface area (Å²) in [6, 6.07) is 8.32. The van der Waals surface area contributed by atoms with Gasteiger partial charge in [-0.25, -0.2) is 0 Å². The highest BCUT2D eigenvalue weighted by atomic mass is 16.2. The van der Waals surface area contributed by atoms with Crippen LogP contribution in [0.2, 0.25) is 0 Å². The Bertz CT molecular complexity index is 438. The summed E-state index contributed by atoms with van der Waals surface area (Å²) in [5.74, 6) is 0.884. The number of aryl methyl sites for hydroxylation is 2. The largest absolute Gasteiger partial charge is 0.345 e. The Hall–Kier alpha value is -1.35. The fourth-order valence-electron chi connectivity index (χ4n) is 2.89. The maximum Gasteiger partial charge on any atom is 0.222 e. The first kappa shape index (κ1) is 15.0. The van der Waals surface area contributed by atoms with Crippen molar-refractivity contribution in [3.05, 3.63) is 35.4 Å². The number of nitrogens with zero attached hydrogens (tertiary/aromatic N) is 1. The molecule has 1 heterocycles. The molecule has 1 amide bonds. The second kappa shape index (κ2) is 7.44.